The summed E-state index contributed by atoms with van der Waals surface area (Å²) in [7, 11) is 2.21. The summed E-state index contributed by atoms with van der Waals surface area (Å²) in [5.41, 5.74) is 0. The molecule has 0 aromatic heterocycles. The Morgan fingerprint density at radius 2 is 2.12 bits per heavy atom. The molecule has 2 aliphatic rings. The summed E-state index contributed by atoms with van der Waals surface area (Å²) in [5.74, 6) is 0.896. The zero-order valence-electron chi connectivity index (χ0n) is 11.3. The first-order valence-electron chi connectivity index (χ1n) is 7.12. The third-order valence-electron chi connectivity index (χ3n) is 4.38. The van der Waals surface area contributed by atoms with Crippen LogP contribution in [0.2, 0.25) is 0 Å². The van der Waals surface area contributed by atoms with Crippen molar-refractivity contribution < 1.29 is 4.79 Å². The molecule has 0 amide bonds. The van der Waals surface area contributed by atoms with E-state index in [1.54, 1.807) is 0 Å². The lowest BCUT2D eigenvalue weighted by Gasteiger charge is -2.28. The molecule has 17 heavy (non-hydrogen) atoms. The minimum absolute atomic E-state index is 0.378. The molecule has 1 aliphatic heterocycles. The van der Waals surface area contributed by atoms with Crippen LogP contribution in [-0.4, -0.2) is 54.9 Å². The quantitative estimate of drug-likeness (QED) is 0.748. The smallest absolute Gasteiger partial charge is 0.136 e. The summed E-state index contributed by atoms with van der Waals surface area (Å²) in [4.78, 5) is 16.6. The molecule has 0 bridgehead atoms. The van der Waals surface area contributed by atoms with Gasteiger partial charge in [0.05, 0.1) is 0 Å². The van der Waals surface area contributed by atoms with Gasteiger partial charge in [-0.2, -0.15) is 0 Å². The Morgan fingerprint density at radius 3 is 2.82 bits per heavy atom. The molecule has 3 nitrogen and oxygen atoms in total. The second-order valence-corrected chi connectivity index (χ2v) is 5.84. The van der Waals surface area contributed by atoms with E-state index in [0.717, 1.165) is 32.2 Å². The maximum absolute atomic E-state index is 11.6. The minimum Gasteiger partial charge on any atom is -0.305 e. The Balaban J connectivity index is 1.79. The molecule has 98 valence electrons. The van der Waals surface area contributed by atoms with Crippen molar-refractivity contribution in [2.24, 2.45) is 5.92 Å². The van der Waals surface area contributed by atoms with Crippen LogP contribution in [0.1, 0.15) is 39.0 Å². The Labute approximate surface area is 105 Å². The first kappa shape index (κ1) is 13.0. The molecule has 1 saturated heterocycles. The maximum atomic E-state index is 11.6. The van der Waals surface area contributed by atoms with Crippen LogP contribution in [-0.2, 0) is 4.79 Å². The van der Waals surface area contributed by atoms with Crippen LogP contribution in [0.4, 0.5) is 0 Å². The molecule has 1 heterocycles. The number of rotatable bonds is 3. The number of nitrogens with zero attached hydrogens (tertiary/aromatic N) is 2. The molecule has 1 aliphatic carbocycles. The van der Waals surface area contributed by atoms with E-state index in [2.05, 4.69) is 23.8 Å². The van der Waals surface area contributed by atoms with Gasteiger partial charge in [-0.25, -0.2) is 0 Å². The third-order valence-corrected chi connectivity index (χ3v) is 4.38. The van der Waals surface area contributed by atoms with Gasteiger partial charge in [0.2, 0.25) is 0 Å². The lowest BCUT2D eigenvalue weighted by molar-refractivity contribution is -0.120. The molecule has 3 heteroatoms. The lowest BCUT2D eigenvalue weighted by Crippen LogP contribution is -2.39. The monoisotopic (exact) mass is 238 g/mol. The number of ketones is 1. The summed E-state index contributed by atoms with van der Waals surface area (Å²) in [6.45, 7) is 7.01. The van der Waals surface area contributed by atoms with E-state index in [-0.39, 0.29) is 0 Å². The Hall–Kier alpha value is -0.410. The Kier molecular flexibility index (Phi) is 4.57. The van der Waals surface area contributed by atoms with Gasteiger partial charge >= 0.3 is 0 Å². The first-order chi connectivity index (χ1) is 8.16. The fraction of sp³-hybridized carbons (Fsp3) is 0.929. The number of carbonyl (C=O) groups is 1. The van der Waals surface area contributed by atoms with E-state index >= 15 is 0 Å². The number of carbonyl (C=O) groups excluding carboxylic acids is 1. The van der Waals surface area contributed by atoms with Gasteiger partial charge in [-0.3, -0.25) is 9.69 Å². The van der Waals surface area contributed by atoms with Crippen LogP contribution in [0.15, 0.2) is 0 Å². The second kappa shape index (κ2) is 5.96. The molecule has 2 atom stereocenters. The number of hydrogen-bond acceptors (Lipinski definition) is 3. The van der Waals surface area contributed by atoms with Crippen LogP contribution in [0.3, 0.4) is 0 Å². The van der Waals surface area contributed by atoms with Crippen LogP contribution in [0, 0.1) is 5.92 Å². The number of hydrogen-bond donors (Lipinski definition) is 0. The molecule has 0 spiro atoms. The van der Waals surface area contributed by atoms with Gasteiger partial charge in [0.1, 0.15) is 5.78 Å². The highest BCUT2D eigenvalue weighted by Crippen LogP contribution is 2.25. The second-order valence-electron chi connectivity index (χ2n) is 5.84. The average molecular weight is 238 g/mol. The van der Waals surface area contributed by atoms with E-state index < -0.39 is 0 Å². The molecule has 2 rings (SSSR count). The van der Waals surface area contributed by atoms with Gasteiger partial charge in [0, 0.05) is 24.9 Å². The minimum atomic E-state index is 0.378. The number of Topliss-reactive ketones (excluding diaryl/α,β-unsaturated/α-hetero) is 1. The van der Waals surface area contributed by atoms with Crippen molar-refractivity contribution in [2.45, 2.75) is 45.1 Å². The highest BCUT2D eigenvalue weighted by Gasteiger charge is 2.26. The highest BCUT2D eigenvalue weighted by atomic mass is 16.1. The summed E-state index contributed by atoms with van der Waals surface area (Å²) in [5, 5.41) is 0. The Morgan fingerprint density at radius 1 is 1.29 bits per heavy atom. The third kappa shape index (κ3) is 3.52. The van der Waals surface area contributed by atoms with Crippen LogP contribution in [0.5, 0.6) is 0 Å². The molecule has 0 N–H and O–H groups in total. The van der Waals surface area contributed by atoms with E-state index in [9.17, 15) is 4.79 Å². The standard InChI is InChI=1S/C14H26N2O/c1-12-11-15(2)8-4-9-16(12)10-7-13-5-3-6-14(13)17/h12-13H,3-11H2,1-2H3. The first-order valence-corrected chi connectivity index (χ1v) is 7.12. The molecule has 0 radical (unpaired) electrons. The van der Waals surface area contributed by atoms with Gasteiger partial charge in [0.25, 0.3) is 0 Å². The summed E-state index contributed by atoms with van der Waals surface area (Å²) < 4.78 is 0. The zero-order valence-corrected chi connectivity index (χ0v) is 11.3. The predicted octanol–water partition coefficient (Wildman–Crippen LogP) is 1.77. The fourth-order valence-electron chi connectivity index (χ4n) is 3.27. The summed E-state index contributed by atoms with van der Waals surface area (Å²) >= 11 is 0. The van der Waals surface area contributed by atoms with Crippen molar-refractivity contribution in [1.82, 2.24) is 9.80 Å². The van der Waals surface area contributed by atoms with Crippen LogP contribution >= 0.6 is 0 Å². The number of likely N-dealkylation sites (N-methyl/N-ethyl adjacent to an activating group) is 1. The lowest BCUT2D eigenvalue weighted by atomic mass is 10.0. The molecule has 1 saturated carbocycles. The van der Waals surface area contributed by atoms with Gasteiger partial charge in [-0.15, -0.1) is 0 Å². The highest BCUT2D eigenvalue weighted by molar-refractivity contribution is 5.82. The van der Waals surface area contributed by atoms with Gasteiger partial charge in [-0.05, 0) is 59.3 Å². The molecular weight excluding hydrogens is 212 g/mol. The summed E-state index contributed by atoms with van der Waals surface area (Å²) in [6.07, 6.45) is 5.46. The molecule has 0 aromatic carbocycles. The Bertz CT molecular complexity index is 267. The average Bonchev–Trinajstić information content (AvgIpc) is 2.61. The van der Waals surface area contributed by atoms with Gasteiger partial charge < -0.3 is 4.90 Å². The molecule has 2 unspecified atom stereocenters. The molecule has 0 aromatic rings. The largest absolute Gasteiger partial charge is 0.305 e. The summed E-state index contributed by atoms with van der Waals surface area (Å²) in [6, 6.07) is 0.638. The topological polar surface area (TPSA) is 23.6 Å². The van der Waals surface area contributed by atoms with Crippen molar-refractivity contribution in [3.05, 3.63) is 0 Å². The SMILES string of the molecule is CC1CN(C)CCCN1CCC1CCCC1=O. The van der Waals surface area contributed by atoms with Crippen LogP contribution < -0.4 is 0 Å². The van der Waals surface area contributed by atoms with Crippen LogP contribution in [0.25, 0.3) is 0 Å². The maximum Gasteiger partial charge on any atom is 0.136 e. The fourth-order valence-corrected chi connectivity index (χ4v) is 3.27. The normalized spacial score (nSPS) is 32.9. The van der Waals surface area contributed by atoms with Crippen molar-refractivity contribution >= 4 is 5.78 Å². The zero-order chi connectivity index (χ0) is 12.3. The van der Waals surface area contributed by atoms with E-state index in [4.69, 9.17) is 0 Å². The van der Waals surface area contributed by atoms with E-state index in [0.29, 0.717) is 17.7 Å². The van der Waals surface area contributed by atoms with E-state index in [1.807, 2.05) is 0 Å². The van der Waals surface area contributed by atoms with Gasteiger partial charge in [-0.1, -0.05) is 0 Å². The molecule has 2 fully saturated rings. The van der Waals surface area contributed by atoms with E-state index in [1.165, 1.54) is 26.1 Å². The van der Waals surface area contributed by atoms with Crippen molar-refractivity contribution in [3.63, 3.8) is 0 Å². The van der Waals surface area contributed by atoms with Crippen molar-refractivity contribution in [2.75, 3.05) is 33.2 Å². The van der Waals surface area contributed by atoms with Gasteiger partial charge in [0.15, 0.2) is 0 Å². The van der Waals surface area contributed by atoms with Crippen molar-refractivity contribution in [3.8, 4) is 0 Å². The predicted molar refractivity (Wildman–Crippen MR) is 70.1 cm³/mol. The molecular formula is C14H26N2O. The van der Waals surface area contributed by atoms with Crippen molar-refractivity contribution in [1.29, 1.82) is 0 Å².